The van der Waals surface area contributed by atoms with Crippen LogP contribution in [0, 0.1) is 0 Å². The van der Waals surface area contributed by atoms with Crippen molar-refractivity contribution in [3.05, 3.63) is 22.3 Å². The molecule has 2 aromatic heterocycles. The molecular formula is C11H9Cl2FN2O2S. The summed E-state index contributed by atoms with van der Waals surface area (Å²) in [6, 6.07) is 3.21. The molecule has 1 atom stereocenters. The van der Waals surface area contributed by atoms with E-state index in [2.05, 4.69) is 4.98 Å². The first kappa shape index (κ1) is 13.3. The van der Waals surface area contributed by atoms with Gasteiger partial charge in [0.15, 0.2) is 12.3 Å². The molecule has 8 heteroatoms. The predicted molar refractivity (Wildman–Crippen MR) is 73.7 cm³/mol. The summed E-state index contributed by atoms with van der Waals surface area (Å²) in [5.74, 6) is 0.379. The molecule has 102 valence electrons. The van der Waals surface area contributed by atoms with Gasteiger partial charge in [0.05, 0.1) is 29.3 Å². The third kappa shape index (κ3) is 2.50. The minimum Gasteiger partial charge on any atom is -0.472 e. The normalized spacial score (nSPS) is 19.2. The van der Waals surface area contributed by atoms with Crippen molar-refractivity contribution in [3.8, 4) is 5.88 Å². The van der Waals surface area contributed by atoms with E-state index in [9.17, 15) is 3.89 Å². The fourth-order valence-electron chi connectivity index (χ4n) is 1.96. The third-order valence-corrected chi connectivity index (χ3v) is 4.05. The van der Waals surface area contributed by atoms with Crippen LogP contribution in [0.2, 0.25) is 10.2 Å². The van der Waals surface area contributed by atoms with Gasteiger partial charge in [0.2, 0.25) is 5.88 Å². The summed E-state index contributed by atoms with van der Waals surface area (Å²) in [4.78, 5) is 4.10. The van der Waals surface area contributed by atoms with E-state index in [1.165, 1.54) is 3.97 Å². The molecule has 2 aromatic rings. The lowest BCUT2D eigenvalue weighted by Crippen LogP contribution is -2.16. The van der Waals surface area contributed by atoms with E-state index in [1.54, 1.807) is 12.1 Å². The van der Waals surface area contributed by atoms with Crippen LogP contribution in [0.1, 0.15) is 6.42 Å². The zero-order valence-electron chi connectivity index (χ0n) is 9.61. The first-order valence-corrected chi connectivity index (χ1v) is 7.03. The molecule has 0 aromatic carbocycles. The number of pyridine rings is 1. The molecule has 19 heavy (non-hydrogen) atoms. The van der Waals surface area contributed by atoms with Gasteiger partial charge in [-0.25, -0.2) is 8.96 Å². The number of halogens is 3. The molecular weight excluding hydrogens is 314 g/mol. The molecule has 1 aliphatic rings. The van der Waals surface area contributed by atoms with Crippen molar-refractivity contribution in [1.82, 2.24) is 8.96 Å². The maximum atomic E-state index is 13.1. The van der Waals surface area contributed by atoms with Crippen LogP contribution in [0.3, 0.4) is 0 Å². The summed E-state index contributed by atoms with van der Waals surface area (Å²) in [7, 11) is 0. The highest BCUT2D eigenvalue weighted by molar-refractivity contribution is 7.93. The lowest BCUT2D eigenvalue weighted by molar-refractivity contribution is 0.138. The Kier molecular flexibility index (Phi) is 3.75. The minimum atomic E-state index is -0.0684. The molecule has 0 aliphatic carbocycles. The quantitative estimate of drug-likeness (QED) is 0.803. The Bertz CT molecular complexity index is 616. The molecule has 4 nitrogen and oxygen atoms in total. The molecule has 0 spiro atoms. The lowest BCUT2D eigenvalue weighted by Gasteiger charge is -2.11. The van der Waals surface area contributed by atoms with Crippen LogP contribution >= 0.6 is 35.5 Å². The number of ether oxygens (including phenoxy) is 2. The Hall–Kier alpha value is -0.690. The summed E-state index contributed by atoms with van der Waals surface area (Å²) >= 11 is 11.8. The molecule has 1 aliphatic heterocycles. The topological polar surface area (TPSA) is 36.3 Å². The minimum absolute atomic E-state index is 0.0386. The first-order chi connectivity index (χ1) is 9.19. The highest BCUT2D eigenvalue weighted by Gasteiger charge is 2.21. The van der Waals surface area contributed by atoms with Crippen LogP contribution in [0.15, 0.2) is 12.1 Å². The smallest absolute Gasteiger partial charge is 0.208 e. The molecule has 1 fully saturated rings. The van der Waals surface area contributed by atoms with Gasteiger partial charge in [-0.3, -0.25) is 0 Å². The van der Waals surface area contributed by atoms with Crippen molar-refractivity contribution < 1.29 is 13.4 Å². The molecule has 0 N–H and O–H groups in total. The van der Waals surface area contributed by atoms with Crippen molar-refractivity contribution in [1.29, 1.82) is 0 Å². The number of nitrogens with zero attached hydrogens (tertiary/aromatic N) is 2. The second-order valence-corrected chi connectivity index (χ2v) is 5.38. The van der Waals surface area contributed by atoms with Gasteiger partial charge in [-0.1, -0.05) is 23.2 Å². The Labute approximate surface area is 123 Å². The predicted octanol–water partition coefficient (Wildman–Crippen LogP) is 3.89. The Morgan fingerprint density at radius 3 is 3.00 bits per heavy atom. The third-order valence-electron chi connectivity index (χ3n) is 2.87. The zero-order chi connectivity index (χ0) is 13.4. The number of hydrogen-bond acceptors (Lipinski definition) is 4. The Balaban J connectivity index is 2.03. The summed E-state index contributed by atoms with van der Waals surface area (Å²) in [5.41, 5.74) is 1.06. The lowest BCUT2D eigenvalue weighted by atomic mass is 10.3. The van der Waals surface area contributed by atoms with Gasteiger partial charge in [-0.15, -0.1) is 3.89 Å². The molecule has 0 unspecified atom stereocenters. The van der Waals surface area contributed by atoms with Gasteiger partial charge in [0.25, 0.3) is 0 Å². The summed E-state index contributed by atoms with van der Waals surface area (Å²) in [6.07, 6.45) is 0.717. The first-order valence-electron chi connectivity index (χ1n) is 5.60. The monoisotopic (exact) mass is 322 g/mol. The molecule has 1 saturated heterocycles. The fourth-order valence-corrected chi connectivity index (χ4v) is 2.64. The number of fused-ring (bicyclic) bond motifs is 1. The van der Waals surface area contributed by atoms with Crippen molar-refractivity contribution in [2.75, 3.05) is 13.2 Å². The number of rotatable bonds is 3. The average Bonchev–Trinajstić information content (AvgIpc) is 2.98. The summed E-state index contributed by atoms with van der Waals surface area (Å²) in [5, 5.41) is 0.462. The second-order valence-electron chi connectivity index (χ2n) is 4.11. The van der Waals surface area contributed by atoms with Gasteiger partial charge in [-0.05, 0) is 6.07 Å². The van der Waals surface area contributed by atoms with E-state index in [-0.39, 0.29) is 28.6 Å². The standard InChI is InChI=1S/C11H9Cl2FN2O2S/c12-7-3-9-8(15-11(7)13)4-10(16(9)19-14)18-6-1-2-17-5-6/h3-4,6H,1-2,5H2/t6-/m0/s1. The van der Waals surface area contributed by atoms with E-state index >= 15 is 0 Å². The van der Waals surface area contributed by atoms with Crippen molar-refractivity contribution in [2.24, 2.45) is 0 Å². The van der Waals surface area contributed by atoms with Gasteiger partial charge < -0.3 is 9.47 Å². The fraction of sp³-hybridized carbons (Fsp3) is 0.364. The van der Waals surface area contributed by atoms with Crippen LogP contribution in [-0.2, 0) is 4.74 Å². The van der Waals surface area contributed by atoms with Crippen LogP contribution in [0.25, 0.3) is 11.0 Å². The van der Waals surface area contributed by atoms with Crippen LogP contribution < -0.4 is 4.74 Å². The Morgan fingerprint density at radius 2 is 2.32 bits per heavy atom. The largest absolute Gasteiger partial charge is 0.472 e. The van der Waals surface area contributed by atoms with Gasteiger partial charge in [0.1, 0.15) is 11.3 Å². The van der Waals surface area contributed by atoms with E-state index in [1.807, 2.05) is 0 Å². The number of hydrogen-bond donors (Lipinski definition) is 0. The Morgan fingerprint density at radius 1 is 1.47 bits per heavy atom. The summed E-state index contributed by atoms with van der Waals surface area (Å²) in [6.45, 7) is 1.16. The number of aromatic nitrogens is 2. The van der Waals surface area contributed by atoms with E-state index in [0.29, 0.717) is 30.1 Å². The molecule has 3 rings (SSSR count). The van der Waals surface area contributed by atoms with Crippen molar-refractivity contribution in [2.45, 2.75) is 12.5 Å². The average molecular weight is 323 g/mol. The van der Waals surface area contributed by atoms with Gasteiger partial charge in [-0.2, -0.15) is 0 Å². The SMILES string of the molecule is FSn1c(O[C@H]2CCOC2)cc2nc(Cl)c(Cl)cc21. The van der Waals surface area contributed by atoms with Crippen molar-refractivity contribution >= 4 is 46.6 Å². The van der Waals surface area contributed by atoms with Crippen LogP contribution in [0.5, 0.6) is 5.88 Å². The molecule has 0 radical (unpaired) electrons. The maximum Gasteiger partial charge on any atom is 0.208 e. The second kappa shape index (κ2) is 5.36. The van der Waals surface area contributed by atoms with Gasteiger partial charge >= 0.3 is 0 Å². The highest BCUT2D eigenvalue weighted by atomic mass is 35.5. The van der Waals surface area contributed by atoms with Gasteiger partial charge in [0, 0.05) is 12.5 Å². The zero-order valence-corrected chi connectivity index (χ0v) is 11.9. The molecule has 0 saturated carbocycles. The van der Waals surface area contributed by atoms with E-state index < -0.39 is 0 Å². The molecule has 3 heterocycles. The maximum absolute atomic E-state index is 13.1. The molecule has 0 amide bonds. The van der Waals surface area contributed by atoms with E-state index in [0.717, 1.165) is 6.42 Å². The van der Waals surface area contributed by atoms with Crippen LogP contribution in [0.4, 0.5) is 3.89 Å². The summed E-state index contributed by atoms with van der Waals surface area (Å²) < 4.78 is 25.3. The molecule has 0 bridgehead atoms. The van der Waals surface area contributed by atoms with E-state index in [4.69, 9.17) is 32.7 Å². The van der Waals surface area contributed by atoms with Crippen LogP contribution in [-0.4, -0.2) is 28.3 Å². The highest BCUT2D eigenvalue weighted by Crippen LogP contribution is 2.34. The van der Waals surface area contributed by atoms with Crippen molar-refractivity contribution in [3.63, 3.8) is 0 Å².